The first-order chi connectivity index (χ1) is 8.78. The highest BCUT2D eigenvalue weighted by atomic mass is 16.8. The number of esters is 2. The summed E-state index contributed by atoms with van der Waals surface area (Å²) in [7, 11) is 0. The van der Waals surface area contributed by atoms with Crippen LogP contribution in [0.2, 0.25) is 0 Å². The fourth-order valence-electron chi connectivity index (χ4n) is 2.23. The molecule has 0 aliphatic carbocycles. The second-order valence-corrected chi connectivity index (χ2v) is 5.02. The largest absolute Gasteiger partial charge is 0.463 e. The number of hydrogen-bond donors (Lipinski definition) is 0. The summed E-state index contributed by atoms with van der Waals surface area (Å²) in [5, 5.41) is 0. The van der Waals surface area contributed by atoms with E-state index in [4.69, 9.17) is 23.7 Å². The van der Waals surface area contributed by atoms with E-state index in [0.717, 1.165) is 0 Å². The maximum absolute atomic E-state index is 11.0. The molecule has 19 heavy (non-hydrogen) atoms. The van der Waals surface area contributed by atoms with E-state index in [2.05, 4.69) is 0 Å². The summed E-state index contributed by atoms with van der Waals surface area (Å²) in [6, 6.07) is 0. The van der Waals surface area contributed by atoms with Gasteiger partial charge in [0, 0.05) is 13.8 Å². The SMILES string of the molecule is CC(=O)OC[C@H]1OC(OC(C)=O)[C@@H]2OC(C)(C)O[C@H]12. The van der Waals surface area contributed by atoms with E-state index in [1.807, 2.05) is 0 Å². The van der Waals surface area contributed by atoms with E-state index >= 15 is 0 Å². The van der Waals surface area contributed by atoms with Crippen LogP contribution in [-0.4, -0.2) is 48.9 Å². The van der Waals surface area contributed by atoms with Gasteiger partial charge in [-0.25, -0.2) is 0 Å². The summed E-state index contributed by atoms with van der Waals surface area (Å²) in [5.41, 5.74) is 0. The molecule has 1 unspecified atom stereocenters. The topological polar surface area (TPSA) is 80.3 Å². The number of hydrogen-bond acceptors (Lipinski definition) is 7. The summed E-state index contributed by atoms with van der Waals surface area (Å²) >= 11 is 0. The quantitative estimate of drug-likeness (QED) is 0.687. The third kappa shape index (κ3) is 3.23. The third-order valence-corrected chi connectivity index (χ3v) is 2.84. The van der Waals surface area contributed by atoms with Crippen LogP contribution in [0, 0.1) is 0 Å². The highest BCUT2D eigenvalue weighted by Gasteiger charge is 2.56. The van der Waals surface area contributed by atoms with Crippen LogP contribution in [0.5, 0.6) is 0 Å². The monoisotopic (exact) mass is 274 g/mol. The van der Waals surface area contributed by atoms with E-state index in [1.54, 1.807) is 13.8 Å². The van der Waals surface area contributed by atoms with Gasteiger partial charge in [-0.05, 0) is 13.8 Å². The molecule has 2 saturated heterocycles. The Kier molecular flexibility index (Phi) is 3.80. The van der Waals surface area contributed by atoms with Crippen molar-refractivity contribution in [2.24, 2.45) is 0 Å². The van der Waals surface area contributed by atoms with Gasteiger partial charge in [-0.3, -0.25) is 9.59 Å². The highest BCUT2D eigenvalue weighted by molar-refractivity contribution is 5.66. The Balaban J connectivity index is 2.05. The van der Waals surface area contributed by atoms with Crippen LogP contribution in [0.4, 0.5) is 0 Å². The molecule has 2 heterocycles. The normalized spacial score (nSPS) is 35.8. The second kappa shape index (κ2) is 5.07. The first-order valence-corrected chi connectivity index (χ1v) is 6.10. The van der Waals surface area contributed by atoms with Gasteiger partial charge in [0.2, 0.25) is 6.29 Å². The van der Waals surface area contributed by atoms with Crippen LogP contribution in [0.15, 0.2) is 0 Å². The summed E-state index contributed by atoms with van der Waals surface area (Å²) in [4.78, 5) is 21.9. The lowest BCUT2D eigenvalue weighted by Crippen LogP contribution is -2.33. The van der Waals surface area contributed by atoms with E-state index in [-0.39, 0.29) is 6.61 Å². The molecule has 108 valence electrons. The zero-order chi connectivity index (χ0) is 14.2. The molecule has 0 bridgehead atoms. The third-order valence-electron chi connectivity index (χ3n) is 2.84. The molecule has 2 rings (SSSR count). The van der Waals surface area contributed by atoms with Crippen molar-refractivity contribution in [1.29, 1.82) is 0 Å². The number of ether oxygens (including phenoxy) is 5. The Morgan fingerprint density at radius 3 is 2.32 bits per heavy atom. The average molecular weight is 274 g/mol. The van der Waals surface area contributed by atoms with Crippen molar-refractivity contribution >= 4 is 11.9 Å². The molecule has 2 aliphatic heterocycles. The predicted octanol–water partition coefficient (Wildman–Crippen LogP) is 0.358. The van der Waals surface area contributed by atoms with Crippen LogP contribution in [0.3, 0.4) is 0 Å². The van der Waals surface area contributed by atoms with E-state index < -0.39 is 42.3 Å². The summed E-state index contributed by atoms with van der Waals surface area (Å²) in [5.74, 6) is -1.66. The fourth-order valence-corrected chi connectivity index (χ4v) is 2.23. The van der Waals surface area contributed by atoms with Gasteiger partial charge in [-0.2, -0.15) is 0 Å². The summed E-state index contributed by atoms with van der Waals surface area (Å²) in [6.07, 6.45) is -2.30. The second-order valence-electron chi connectivity index (χ2n) is 5.02. The summed E-state index contributed by atoms with van der Waals surface area (Å²) in [6.45, 7) is 6.16. The van der Waals surface area contributed by atoms with E-state index in [9.17, 15) is 9.59 Å². The van der Waals surface area contributed by atoms with Gasteiger partial charge in [0.15, 0.2) is 11.9 Å². The molecule has 0 saturated carbocycles. The molecular weight excluding hydrogens is 256 g/mol. The zero-order valence-electron chi connectivity index (χ0n) is 11.4. The standard InChI is InChI=1S/C12H18O7/c1-6(13)15-5-8-9-10(19-12(3,4)18-9)11(17-8)16-7(2)14/h8-11H,5H2,1-4H3/t8-,9-,10-,11?/m1/s1. The predicted molar refractivity (Wildman–Crippen MR) is 60.9 cm³/mol. The molecule has 4 atom stereocenters. The molecule has 7 nitrogen and oxygen atoms in total. The van der Waals surface area contributed by atoms with Crippen molar-refractivity contribution in [3.8, 4) is 0 Å². The fraction of sp³-hybridized carbons (Fsp3) is 0.833. The molecule has 7 heteroatoms. The maximum atomic E-state index is 11.0. The highest BCUT2D eigenvalue weighted by Crippen LogP contribution is 2.39. The lowest BCUT2D eigenvalue weighted by atomic mass is 10.1. The minimum Gasteiger partial charge on any atom is -0.463 e. The minimum absolute atomic E-state index is 0.0354. The van der Waals surface area contributed by atoms with E-state index in [1.165, 1.54) is 13.8 Å². The Hall–Kier alpha value is -1.18. The number of rotatable bonds is 3. The van der Waals surface area contributed by atoms with Gasteiger partial charge in [0.05, 0.1) is 0 Å². The molecule has 0 aromatic rings. The van der Waals surface area contributed by atoms with Gasteiger partial charge in [-0.1, -0.05) is 0 Å². The van der Waals surface area contributed by atoms with Crippen molar-refractivity contribution in [1.82, 2.24) is 0 Å². The average Bonchev–Trinajstić information content (AvgIpc) is 2.70. The number of carbonyl (C=O) groups is 2. The Labute approximate surface area is 111 Å². The van der Waals surface area contributed by atoms with Crippen molar-refractivity contribution in [2.45, 2.75) is 58.1 Å². The molecule has 0 aromatic heterocycles. The molecular formula is C12H18O7. The van der Waals surface area contributed by atoms with Crippen LogP contribution in [0.25, 0.3) is 0 Å². The smallest absolute Gasteiger partial charge is 0.305 e. The van der Waals surface area contributed by atoms with Gasteiger partial charge >= 0.3 is 11.9 Å². The van der Waals surface area contributed by atoms with Crippen LogP contribution < -0.4 is 0 Å². The van der Waals surface area contributed by atoms with Gasteiger partial charge < -0.3 is 23.7 Å². The number of carbonyl (C=O) groups excluding carboxylic acids is 2. The minimum atomic E-state index is -0.843. The van der Waals surface area contributed by atoms with Crippen LogP contribution in [0.1, 0.15) is 27.7 Å². The maximum Gasteiger partial charge on any atom is 0.305 e. The number of fused-ring (bicyclic) bond motifs is 1. The first-order valence-electron chi connectivity index (χ1n) is 6.10. The molecule has 0 radical (unpaired) electrons. The lowest BCUT2D eigenvalue weighted by molar-refractivity contribution is -0.234. The Morgan fingerprint density at radius 1 is 1.11 bits per heavy atom. The van der Waals surface area contributed by atoms with Crippen molar-refractivity contribution in [2.75, 3.05) is 6.61 Å². The van der Waals surface area contributed by atoms with Crippen molar-refractivity contribution < 1.29 is 33.3 Å². The van der Waals surface area contributed by atoms with Gasteiger partial charge in [0.25, 0.3) is 0 Å². The molecule has 0 N–H and O–H groups in total. The first kappa shape index (κ1) is 14.2. The molecule has 0 spiro atoms. The van der Waals surface area contributed by atoms with Crippen LogP contribution >= 0.6 is 0 Å². The Bertz CT molecular complexity index is 378. The van der Waals surface area contributed by atoms with E-state index in [0.29, 0.717) is 0 Å². The molecule has 2 aliphatic rings. The lowest BCUT2D eigenvalue weighted by Gasteiger charge is -2.23. The molecule has 0 amide bonds. The van der Waals surface area contributed by atoms with Gasteiger partial charge in [0.1, 0.15) is 18.8 Å². The Morgan fingerprint density at radius 2 is 1.74 bits per heavy atom. The zero-order valence-corrected chi connectivity index (χ0v) is 11.4. The van der Waals surface area contributed by atoms with Crippen LogP contribution in [-0.2, 0) is 33.3 Å². The molecule has 0 aromatic carbocycles. The summed E-state index contributed by atoms with van der Waals surface area (Å²) < 4.78 is 26.8. The van der Waals surface area contributed by atoms with Crippen molar-refractivity contribution in [3.05, 3.63) is 0 Å². The molecule has 2 fully saturated rings. The van der Waals surface area contributed by atoms with Crippen molar-refractivity contribution in [3.63, 3.8) is 0 Å². The van der Waals surface area contributed by atoms with Gasteiger partial charge in [-0.15, -0.1) is 0 Å².